The summed E-state index contributed by atoms with van der Waals surface area (Å²) < 4.78 is 0.988. The number of carbonyl (C=O) groups excluding carboxylic acids is 1. The van der Waals surface area contributed by atoms with Gasteiger partial charge < -0.3 is 10.4 Å². The van der Waals surface area contributed by atoms with Crippen LogP contribution in [-0.4, -0.2) is 28.1 Å². The number of rotatable bonds is 3. The summed E-state index contributed by atoms with van der Waals surface area (Å²) in [4.78, 5) is 12.0. The van der Waals surface area contributed by atoms with E-state index < -0.39 is 5.60 Å². The Hall–Kier alpha value is -0.520. The fourth-order valence-corrected chi connectivity index (χ4v) is 3.54. The Morgan fingerprint density at radius 2 is 2.17 bits per heavy atom. The molecule has 18 heavy (non-hydrogen) atoms. The average Bonchev–Trinajstić information content (AvgIpc) is 2.37. The Balaban J connectivity index is 1.91. The van der Waals surface area contributed by atoms with E-state index in [0.29, 0.717) is 19.4 Å². The molecule has 1 aliphatic rings. The van der Waals surface area contributed by atoms with Crippen LogP contribution in [0.25, 0.3) is 0 Å². The van der Waals surface area contributed by atoms with E-state index >= 15 is 0 Å². The molecular weight excluding hydrogens is 314 g/mol. The first kappa shape index (κ1) is 13.9. The number of hydrogen-bond donors (Lipinski definition) is 2. The Morgan fingerprint density at radius 3 is 2.83 bits per heavy atom. The van der Waals surface area contributed by atoms with Crippen LogP contribution < -0.4 is 5.32 Å². The van der Waals surface area contributed by atoms with Crippen molar-refractivity contribution in [3.63, 3.8) is 0 Å². The minimum Gasteiger partial charge on any atom is -0.380 e. The number of carbonyl (C=O) groups is 1. The first-order valence-corrected chi connectivity index (χ1v) is 7.88. The lowest BCUT2D eigenvalue weighted by Gasteiger charge is -2.30. The van der Waals surface area contributed by atoms with Crippen molar-refractivity contribution in [3.8, 4) is 0 Å². The molecule has 0 bridgehead atoms. The van der Waals surface area contributed by atoms with Crippen LogP contribution in [0.2, 0.25) is 0 Å². The topological polar surface area (TPSA) is 49.3 Å². The highest BCUT2D eigenvalue weighted by Gasteiger charge is 2.36. The molecule has 0 radical (unpaired) electrons. The van der Waals surface area contributed by atoms with E-state index in [1.165, 1.54) is 0 Å². The molecule has 0 atom stereocenters. The highest BCUT2D eigenvalue weighted by molar-refractivity contribution is 9.10. The summed E-state index contributed by atoms with van der Waals surface area (Å²) in [6, 6.07) is 7.78. The maximum atomic E-state index is 12.0. The summed E-state index contributed by atoms with van der Waals surface area (Å²) in [7, 11) is 0. The van der Waals surface area contributed by atoms with Crippen molar-refractivity contribution < 1.29 is 9.90 Å². The summed E-state index contributed by atoms with van der Waals surface area (Å²) in [6.45, 7) is 0.452. The minimum absolute atomic E-state index is 0.247. The van der Waals surface area contributed by atoms with Gasteiger partial charge in [0, 0.05) is 11.0 Å². The van der Waals surface area contributed by atoms with E-state index in [1.807, 2.05) is 24.3 Å². The average molecular weight is 330 g/mol. The van der Waals surface area contributed by atoms with Gasteiger partial charge in [0.2, 0.25) is 0 Å². The molecule has 1 saturated heterocycles. The largest absolute Gasteiger partial charge is 0.380 e. The van der Waals surface area contributed by atoms with Crippen molar-refractivity contribution >= 4 is 33.6 Å². The van der Waals surface area contributed by atoms with Gasteiger partial charge in [-0.15, -0.1) is 0 Å². The van der Waals surface area contributed by atoms with Crippen LogP contribution in [0.5, 0.6) is 0 Å². The van der Waals surface area contributed by atoms with Crippen molar-refractivity contribution in [2.75, 3.05) is 11.5 Å². The van der Waals surface area contributed by atoms with Gasteiger partial charge in [0.25, 0.3) is 5.91 Å². The lowest BCUT2D eigenvalue weighted by molar-refractivity contribution is -0.140. The number of amides is 1. The van der Waals surface area contributed by atoms with Gasteiger partial charge in [-0.05, 0) is 42.0 Å². The third-order valence-electron chi connectivity index (χ3n) is 3.08. The van der Waals surface area contributed by atoms with Crippen LogP contribution in [0.15, 0.2) is 28.7 Å². The standard InChI is InChI=1S/C13H16BrNO2S/c14-11-3-1-2-10(8-11)9-15-12(16)13(17)4-6-18-7-5-13/h1-3,8,17H,4-7,9H2,(H,15,16). The Kier molecular flexibility index (Phi) is 4.70. The van der Waals surface area contributed by atoms with E-state index in [4.69, 9.17) is 0 Å². The van der Waals surface area contributed by atoms with Crippen molar-refractivity contribution in [2.24, 2.45) is 0 Å². The lowest BCUT2D eigenvalue weighted by Crippen LogP contribution is -2.48. The highest BCUT2D eigenvalue weighted by atomic mass is 79.9. The van der Waals surface area contributed by atoms with Crippen LogP contribution in [0.4, 0.5) is 0 Å². The van der Waals surface area contributed by atoms with Crippen molar-refractivity contribution in [1.29, 1.82) is 0 Å². The molecule has 0 unspecified atom stereocenters. The molecule has 1 aliphatic heterocycles. The lowest BCUT2D eigenvalue weighted by atomic mass is 9.96. The van der Waals surface area contributed by atoms with Crippen LogP contribution in [0.3, 0.4) is 0 Å². The van der Waals surface area contributed by atoms with Gasteiger partial charge in [0.15, 0.2) is 0 Å². The van der Waals surface area contributed by atoms with Gasteiger partial charge in [0.05, 0.1) is 0 Å². The molecule has 0 aliphatic carbocycles. The monoisotopic (exact) mass is 329 g/mol. The van der Waals surface area contributed by atoms with Gasteiger partial charge in [0.1, 0.15) is 5.60 Å². The molecule has 1 amide bonds. The van der Waals surface area contributed by atoms with E-state index in [1.54, 1.807) is 11.8 Å². The van der Waals surface area contributed by atoms with Gasteiger partial charge in [-0.2, -0.15) is 11.8 Å². The molecule has 98 valence electrons. The first-order chi connectivity index (χ1) is 8.60. The molecule has 2 rings (SSSR count). The van der Waals surface area contributed by atoms with Crippen LogP contribution in [0.1, 0.15) is 18.4 Å². The number of aliphatic hydroxyl groups is 1. The number of benzene rings is 1. The molecule has 1 aromatic carbocycles. The van der Waals surface area contributed by atoms with Gasteiger partial charge in [-0.1, -0.05) is 28.1 Å². The third kappa shape index (κ3) is 3.49. The fourth-order valence-electron chi connectivity index (χ4n) is 1.93. The molecule has 1 heterocycles. The van der Waals surface area contributed by atoms with Gasteiger partial charge >= 0.3 is 0 Å². The predicted octanol–water partition coefficient (Wildman–Crippen LogP) is 2.32. The molecule has 0 spiro atoms. The van der Waals surface area contributed by atoms with E-state index in [9.17, 15) is 9.90 Å². The first-order valence-electron chi connectivity index (χ1n) is 5.93. The number of thioether (sulfide) groups is 1. The molecule has 0 aromatic heterocycles. The van der Waals surface area contributed by atoms with Crippen LogP contribution >= 0.6 is 27.7 Å². The predicted molar refractivity (Wildman–Crippen MR) is 77.5 cm³/mol. The molecule has 1 fully saturated rings. The van der Waals surface area contributed by atoms with E-state index in [-0.39, 0.29) is 5.91 Å². The maximum Gasteiger partial charge on any atom is 0.252 e. The van der Waals surface area contributed by atoms with E-state index in [0.717, 1.165) is 21.5 Å². The Labute approximate surface area is 119 Å². The zero-order valence-electron chi connectivity index (χ0n) is 9.99. The summed E-state index contributed by atoms with van der Waals surface area (Å²) in [6.07, 6.45) is 1.09. The highest BCUT2D eigenvalue weighted by Crippen LogP contribution is 2.27. The molecule has 2 N–H and O–H groups in total. The summed E-state index contributed by atoms with van der Waals surface area (Å²) in [5.74, 6) is 1.45. The quantitative estimate of drug-likeness (QED) is 0.894. The third-order valence-corrected chi connectivity index (χ3v) is 4.56. The Morgan fingerprint density at radius 1 is 1.44 bits per heavy atom. The molecule has 0 saturated carbocycles. The number of halogens is 1. The molecule has 1 aromatic rings. The molecular formula is C13H16BrNO2S. The van der Waals surface area contributed by atoms with Crippen molar-refractivity contribution in [2.45, 2.75) is 25.0 Å². The van der Waals surface area contributed by atoms with Crippen molar-refractivity contribution in [1.82, 2.24) is 5.32 Å². The smallest absolute Gasteiger partial charge is 0.252 e. The summed E-state index contributed by atoms with van der Waals surface area (Å²) >= 11 is 5.18. The number of hydrogen-bond acceptors (Lipinski definition) is 3. The second-order valence-electron chi connectivity index (χ2n) is 4.46. The summed E-state index contributed by atoms with van der Waals surface area (Å²) in [5, 5.41) is 13.1. The second kappa shape index (κ2) is 6.08. The minimum atomic E-state index is -1.17. The second-order valence-corrected chi connectivity index (χ2v) is 6.60. The zero-order chi connectivity index (χ0) is 13.0. The Bertz CT molecular complexity index is 433. The van der Waals surface area contributed by atoms with E-state index in [2.05, 4.69) is 21.2 Å². The summed E-state index contributed by atoms with van der Waals surface area (Å²) in [5.41, 5.74) is -0.149. The van der Waals surface area contributed by atoms with Crippen LogP contribution in [0, 0.1) is 0 Å². The van der Waals surface area contributed by atoms with Crippen LogP contribution in [-0.2, 0) is 11.3 Å². The molecule has 5 heteroatoms. The fraction of sp³-hybridized carbons (Fsp3) is 0.462. The van der Waals surface area contributed by atoms with Gasteiger partial charge in [-0.25, -0.2) is 0 Å². The number of nitrogens with one attached hydrogen (secondary N) is 1. The zero-order valence-corrected chi connectivity index (χ0v) is 12.4. The van der Waals surface area contributed by atoms with Crippen molar-refractivity contribution in [3.05, 3.63) is 34.3 Å². The maximum absolute atomic E-state index is 12.0. The molecule has 3 nitrogen and oxygen atoms in total. The van der Waals surface area contributed by atoms with Gasteiger partial charge in [-0.3, -0.25) is 4.79 Å². The normalized spacial score (nSPS) is 18.3. The SMILES string of the molecule is O=C(NCc1cccc(Br)c1)C1(O)CCSCC1.